The van der Waals surface area contributed by atoms with Crippen molar-refractivity contribution < 1.29 is 29.1 Å². The van der Waals surface area contributed by atoms with Crippen LogP contribution in [-0.2, 0) is 25.8 Å². The van der Waals surface area contributed by atoms with E-state index in [0.717, 1.165) is 5.56 Å². The van der Waals surface area contributed by atoms with Crippen molar-refractivity contribution in [2.75, 3.05) is 20.1 Å². The first-order valence-electron chi connectivity index (χ1n) is 11.5. The molecule has 2 heterocycles. The second-order valence-corrected chi connectivity index (χ2v) is 10.2. The number of aliphatic hydroxyl groups excluding tert-OH is 1. The van der Waals surface area contributed by atoms with Crippen molar-refractivity contribution >= 4 is 17.9 Å². The molecule has 0 radical (unpaired) electrons. The number of β-lactam (4-membered cyclic amide) rings is 1. The summed E-state index contributed by atoms with van der Waals surface area (Å²) in [5, 5.41) is 11.3. The average Bonchev–Trinajstić information content (AvgIpc) is 3.10. The summed E-state index contributed by atoms with van der Waals surface area (Å²) in [6.07, 6.45) is -0.593. The van der Waals surface area contributed by atoms with Crippen LogP contribution in [0.1, 0.15) is 46.1 Å². The molecule has 3 amide bonds. The highest BCUT2D eigenvalue weighted by molar-refractivity contribution is 5.95. The van der Waals surface area contributed by atoms with Gasteiger partial charge in [-0.1, -0.05) is 30.3 Å². The molecule has 2 aliphatic heterocycles. The van der Waals surface area contributed by atoms with Crippen molar-refractivity contribution in [3.8, 4) is 0 Å². The number of likely N-dealkylation sites (tertiary alicyclic amines) is 1. The van der Waals surface area contributed by atoms with Crippen molar-refractivity contribution in [3.63, 3.8) is 0 Å². The molecular formula is C24H36N4O6. The summed E-state index contributed by atoms with van der Waals surface area (Å²) >= 11 is 0. The normalized spacial score (nSPS) is 24.3. The quantitative estimate of drug-likeness (QED) is 0.541. The van der Waals surface area contributed by atoms with Crippen LogP contribution in [-0.4, -0.2) is 87.3 Å². The fraction of sp³-hybridized carbons (Fsp3) is 0.625. The number of hydrogen-bond acceptors (Lipinski definition) is 7. The number of amides is 3. The Kier molecular flexibility index (Phi) is 7.54. The Bertz CT molecular complexity index is 902. The molecule has 2 fully saturated rings. The van der Waals surface area contributed by atoms with Crippen LogP contribution in [0.15, 0.2) is 30.3 Å². The van der Waals surface area contributed by atoms with Gasteiger partial charge in [0.1, 0.15) is 23.8 Å². The number of ether oxygens (including phenoxy) is 1. The van der Waals surface area contributed by atoms with Crippen LogP contribution < -0.4 is 5.73 Å². The molecule has 34 heavy (non-hydrogen) atoms. The monoisotopic (exact) mass is 476 g/mol. The fourth-order valence-electron chi connectivity index (χ4n) is 4.80. The predicted molar refractivity (Wildman–Crippen MR) is 124 cm³/mol. The smallest absolute Gasteiger partial charge is 0.411 e. The molecule has 0 aromatic heterocycles. The Hall–Kier alpha value is -2.69. The number of carbonyl (C=O) groups is 3. The third-order valence-corrected chi connectivity index (χ3v) is 6.29. The van der Waals surface area contributed by atoms with Gasteiger partial charge in [-0.3, -0.25) is 24.2 Å². The summed E-state index contributed by atoms with van der Waals surface area (Å²) in [5.74, 6) is -0.948. The Morgan fingerprint density at radius 1 is 1.29 bits per heavy atom. The lowest BCUT2D eigenvalue weighted by Gasteiger charge is -2.51. The molecule has 0 saturated carbocycles. The summed E-state index contributed by atoms with van der Waals surface area (Å²) in [5.41, 5.74) is 4.61. The van der Waals surface area contributed by atoms with E-state index in [0.29, 0.717) is 12.8 Å². The van der Waals surface area contributed by atoms with E-state index in [1.54, 1.807) is 32.7 Å². The van der Waals surface area contributed by atoms with Gasteiger partial charge in [0, 0.05) is 12.6 Å². The van der Waals surface area contributed by atoms with E-state index in [4.69, 9.17) is 15.3 Å². The van der Waals surface area contributed by atoms with E-state index < -0.39 is 41.3 Å². The van der Waals surface area contributed by atoms with Gasteiger partial charge in [-0.15, -0.1) is 0 Å². The molecule has 10 heteroatoms. The van der Waals surface area contributed by atoms with Crippen LogP contribution in [0.4, 0.5) is 4.79 Å². The summed E-state index contributed by atoms with van der Waals surface area (Å²) in [7, 11) is 1.66. The zero-order valence-electron chi connectivity index (χ0n) is 20.6. The number of carbonyl (C=O) groups excluding carboxylic acids is 3. The van der Waals surface area contributed by atoms with E-state index in [-0.39, 0.29) is 25.6 Å². The topological polar surface area (TPSA) is 126 Å². The highest BCUT2D eigenvalue weighted by Crippen LogP contribution is 2.43. The number of rotatable bonds is 8. The molecule has 2 aliphatic rings. The Balaban J connectivity index is 1.77. The molecule has 4 unspecified atom stereocenters. The van der Waals surface area contributed by atoms with E-state index in [1.807, 2.05) is 30.3 Å². The minimum atomic E-state index is -1.06. The molecule has 0 bridgehead atoms. The van der Waals surface area contributed by atoms with Gasteiger partial charge in [0.2, 0.25) is 5.91 Å². The summed E-state index contributed by atoms with van der Waals surface area (Å²) in [4.78, 5) is 47.3. The maximum atomic E-state index is 13.3. The van der Waals surface area contributed by atoms with Gasteiger partial charge in [0.15, 0.2) is 0 Å². The SMILES string of the molecule is CC(O)C(C(N)=O)N(C)CC1CCC2(CN(OCc3ccccc3)C2=O)N1C(=O)OC(C)(C)C. The summed E-state index contributed by atoms with van der Waals surface area (Å²) < 4.78 is 5.65. The van der Waals surface area contributed by atoms with Gasteiger partial charge < -0.3 is 15.6 Å². The van der Waals surface area contributed by atoms with Gasteiger partial charge >= 0.3 is 6.09 Å². The maximum Gasteiger partial charge on any atom is 0.411 e. The van der Waals surface area contributed by atoms with Crippen molar-refractivity contribution in [1.29, 1.82) is 0 Å². The third-order valence-electron chi connectivity index (χ3n) is 6.29. The lowest BCUT2D eigenvalue weighted by molar-refractivity contribution is -0.242. The second kappa shape index (κ2) is 9.89. The number of nitrogens with two attached hydrogens (primary N) is 1. The summed E-state index contributed by atoms with van der Waals surface area (Å²) in [6, 6.07) is 8.19. The molecule has 1 spiro atoms. The predicted octanol–water partition coefficient (Wildman–Crippen LogP) is 1.27. The number of benzene rings is 1. The number of primary amides is 1. The van der Waals surface area contributed by atoms with Crippen LogP contribution >= 0.6 is 0 Å². The van der Waals surface area contributed by atoms with Gasteiger partial charge in [-0.2, -0.15) is 0 Å². The Labute approximate surface area is 200 Å². The van der Waals surface area contributed by atoms with Crippen molar-refractivity contribution in [2.45, 2.75) is 76.5 Å². The van der Waals surface area contributed by atoms with E-state index in [9.17, 15) is 19.5 Å². The number of aliphatic hydroxyl groups is 1. The van der Waals surface area contributed by atoms with Crippen LogP contribution in [0.2, 0.25) is 0 Å². The van der Waals surface area contributed by atoms with E-state index in [2.05, 4.69) is 0 Å². The number of hydrogen-bond donors (Lipinski definition) is 2. The van der Waals surface area contributed by atoms with Crippen molar-refractivity contribution in [3.05, 3.63) is 35.9 Å². The van der Waals surface area contributed by atoms with Crippen LogP contribution in [0.5, 0.6) is 0 Å². The van der Waals surface area contributed by atoms with Crippen molar-refractivity contribution in [2.24, 2.45) is 5.73 Å². The molecule has 188 valence electrons. The summed E-state index contributed by atoms with van der Waals surface area (Å²) in [6.45, 7) is 7.52. The van der Waals surface area contributed by atoms with Crippen LogP contribution in [0.3, 0.4) is 0 Å². The highest BCUT2D eigenvalue weighted by Gasteiger charge is 2.64. The Morgan fingerprint density at radius 2 is 1.94 bits per heavy atom. The zero-order valence-corrected chi connectivity index (χ0v) is 20.6. The number of likely N-dealkylation sites (N-methyl/N-ethyl adjacent to an activating group) is 1. The molecular weight excluding hydrogens is 440 g/mol. The van der Waals surface area contributed by atoms with E-state index >= 15 is 0 Å². The fourth-order valence-corrected chi connectivity index (χ4v) is 4.80. The van der Waals surface area contributed by atoms with Gasteiger partial charge in [0.05, 0.1) is 12.6 Å². The molecule has 1 aromatic rings. The first-order valence-corrected chi connectivity index (χ1v) is 11.5. The standard InChI is InChI=1S/C24H36N4O6/c1-16(29)19(20(25)30)26(5)13-18-11-12-24(28(18)22(32)34-23(2,3)4)15-27(21(24)31)33-14-17-9-7-6-8-10-17/h6-10,16,18-19,29H,11-15H2,1-5H3,(H2,25,30). The average molecular weight is 477 g/mol. The largest absolute Gasteiger partial charge is 0.444 e. The number of hydroxylamine groups is 2. The molecule has 0 aliphatic carbocycles. The van der Waals surface area contributed by atoms with Gasteiger partial charge in [0.25, 0.3) is 5.91 Å². The molecule has 3 N–H and O–H groups in total. The minimum Gasteiger partial charge on any atom is -0.444 e. The first kappa shape index (κ1) is 25.9. The van der Waals surface area contributed by atoms with Crippen molar-refractivity contribution in [1.82, 2.24) is 14.9 Å². The minimum absolute atomic E-state index is 0.230. The van der Waals surface area contributed by atoms with Gasteiger partial charge in [-0.05, 0) is 53.1 Å². The molecule has 1 aromatic carbocycles. The lowest BCUT2D eigenvalue weighted by Crippen LogP contribution is -2.74. The first-order chi connectivity index (χ1) is 15.9. The van der Waals surface area contributed by atoms with E-state index in [1.165, 1.54) is 16.9 Å². The third kappa shape index (κ3) is 5.34. The Morgan fingerprint density at radius 3 is 2.47 bits per heavy atom. The maximum absolute atomic E-state index is 13.3. The van der Waals surface area contributed by atoms with Gasteiger partial charge in [-0.25, -0.2) is 9.86 Å². The highest BCUT2D eigenvalue weighted by atomic mass is 16.7. The number of nitrogens with zero attached hydrogens (tertiary/aromatic N) is 3. The molecule has 3 rings (SSSR count). The zero-order chi connectivity index (χ0) is 25.3. The molecule has 4 atom stereocenters. The van der Waals surface area contributed by atoms with Crippen LogP contribution in [0, 0.1) is 0 Å². The second-order valence-electron chi connectivity index (χ2n) is 10.2. The lowest BCUT2D eigenvalue weighted by atomic mass is 9.88. The van der Waals surface area contributed by atoms with Crippen LogP contribution in [0.25, 0.3) is 0 Å². The molecule has 10 nitrogen and oxygen atoms in total. The molecule has 2 saturated heterocycles.